The third-order valence-corrected chi connectivity index (χ3v) is 1.60. The van der Waals surface area contributed by atoms with Crippen LogP contribution in [0.1, 0.15) is 11.1 Å². The molecule has 0 bridgehead atoms. The van der Waals surface area contributed by atoms with Gasteiger partial charge in [-0.2, -0.15) is 8.78 Å². The average molecular weight is 188 g/mol. The molecular weight excluding hydrogens is 178 g/mol. The van der Waals surface area contributed by atoms with Gasteiger partial charge < -0.3 is 9.84 Å². The molecule has 0 radical (unpaired) electrons. The van der Waals surface area contributed by atoms with E-state index < -0.39 is 6.61 Å². The van der Waals surface area contributed by atoms with Crippen LogP contribution in [-0.4, -0.2) is 11.7 Å². The molecule has 4 heteroatoms. The van der Waals surface area contributed by atoms with Crippen LogP contribution in [0.25, 0.3) is 0 Å². The molecule has 1 aromatic rings. The maximum Gasteiger partial charge on any atom is 0.387 e. The van der Waals surface area contributed by atoms with E-state index in [1.807, 2.05) is 6.92 Å². The summed E-state index contributed by atoms with van der Waals surface area (Å²) in [4.78, 5) is 0. The zero-order valence-corrected chi connectivity index (χ0v) is 7.13. The summed E-state index contributed by atoms with van der Waals surface area (Å²) in [5, 5.41) is 8.83. The van der Waals surface area contributed by atoms with Gasteiger partial charge in [0.2, 0.25) is 0 Å². The Morgan fingerprint density at radius 2 is 2.15 bits per heavy atom. The summed E-state index contributed by atoms with van der Waals surface area (Å²) in [6, 6.07) is 4.68. The topological polar surface area (TPSA) is 29.5 Å². The standard InChI is InChI=1S/C9H10F2O2/c1-6-2-3-8(13-9(10)11)7(4-6)5-12/h2-4,9,12H,5H2,1H3. The minimum Gasteiger partial charge on any atom is -0.434 e. The number of alkyl halides is 2. The SMILES string of the molecule is Cc1ccc(OC(F)F)c(CO)c1. The van der Waals surface area contributed by atoms with Gasteiger partial charge in [-0.25, -0.2) is 0 Å². The van der Waals surface area contributed by atoms with Gasteiger partial charge in [-0.15, -0.1) is 0 Å². The number of ether oxygens (including phenoxy) is 1. The Bertz CT molecular complexity index is 287. The monoisotopic (exact) mass is 188 g/mol. The van der Waals surface area contributed by atoms with Crippen molar-refractivity contribution in [1.82, 2.24) is 0 Å². The highest BCUT2D eigenvalue weighted by atomic mass is 19.3. The minimum atomic E-state index is -2.85. The Morgan fingerprint density at radius 1 is 1.46 bits per heavy atom. The van der Waals surface area contributed by atoms with Crippen LogP contribution in [-0.2, 0) is 6.61 Å². The molecule has 0 unspecified atom stereocenters. The smallest absolute Gasteiger partial charge is 0.387 e. The second-order valence-electron chi connectivity index (χ2n) is 2.65. The molecule has 0 spiro atoms. The average Bonchev–Trinajstić information content (AvgIpc) is 2.07. The number of hydrogen-bond donors (Lipinski definition) is 1. The lowest BCUT2D eigenvalue weighted by Crippen LogP contribution is -2.04. The van der Waals surface area contributed by atoms with Crippen LogP contribution in [0.4, 0.5) is 8.78 Å². The summed E-state index contributed by atoms with van der Waals surface area (Å²) in [6.45, 7) is -1.34. The molecule has 0 aliphatic heterocycles. The fourth-order valence-corrected chi connectivity index (χ4v) is 1.04. The van der Waals surface area contributed by atoms with Gasteiger partial charge in [-0.05, 0) is 13.0 Å². The van der Waals surface area contributed by atoms with Gasteiger partial charge in [0.05, 0.1) is 6.61 Å². The number of aliphatic hydroxyl groups is 1. The van der Waals surface area contributed by atoms with E-state index in [1.165, 1.54) is 6.07 Å². The molecule has 0 amide bonds. The van der Waals surface area contributed by atoms with Crippen molar-refractivity contribution in [2.24, 2.45) is 0 Å². The van der Waals surface area contributed by atoms with Crippen molar-refractivity contribution in [3.63, 3.8) is 0 Å². The number of benzene rings is 1. The number of halogens is 2. The summed E-state index contributed by atoms with van der Waals surface area (Å²) in [5.41, 5.74) is 1.27. The molecule has 0 aliphatic rings. The number of hydrogen-bond acceptors (Lipinski definition) is 2. The largest absolute Gasteiger partial charge is 0.434 e. The number of aliphatic hydroxyl groups excluding tert-OH is 1. The van der Waals surface area contributed by atoms with Gasteiger partial charge in [-0.3, -0.25) is 0 Å². The first-order valence-corrected chi connectivity index (χ1v) is 3.78. The molecule has 72 valence electrons. The van der Waals surface area contributed by atoms with Gasteiger partial charge in [0, 0.05) is 5.56 Å². The van der Waals surface area contributed by atoms with Crippen molar-refractivity contribution in [2.45, 2.75) is 20.1 Å². The molecule has 1 rings (SSSR count). The second-order valence-corrected chi connectivity index (χ2v) is 2.65. The van der Waals surface area contributed by atoms with Crippen LogP contribution in [0.15, 0.2) is 18.2 Å². The van der Waals surface area contributed by atoms with Crippen LogP contribution in [0, 0.1) is 6.92 Å². The Labute approximate surface area is 74.8 Å². The molecule has 0 aromatic heterocycles. The third kappa shape index (κ3) is 2.66. The Balaban J connectivity index is 2.92. The summed E-state index contributed by atoms with van der Waals surface area (Å²) >= 11 is 0. The number of aryl methyl sites for hydroxylation is 1. The van der Waals surface area contributed by atoms with E-state index in [2.05, 4.69) is 4.74 Å². The molecule has 0 atom stereocenters. The van der Waals surface area contributed by atoms with Crippen molar-refractivity contribution in [1.29, 1.82) is 0 Å². The van der Waals surface area contributed by atoms with E-state index in [4.69, 9.17) is 5.11 Å². The fraction of sp³-hybridized carbons (Fsp3) is 0.333. The highest BCUT2D eigenvalue weighted by molar-refractivity contribution is 5.36. The van der Waals surface area contributed by atoms with Crippen LogP contribution < -0.4 is 4.74 Å². The maximum absolute atomic E-state index is 11.8. The van der Waals surface area contributed by atoms with Crippen molar-refractivity contribution in [3.05, 3.63) is 29.3 Å². The Kier molecular flexibility index (Phi) is 3.19. The van der Waals surface area contributed by atoms with Gasteiger partial charge in [0.1, 0.15) is 5.75 Å². The van der Waals surface area contributed by atoms with Crippen LogP contribution in [0.2, 0.25) is 0 Å². The van der Waals surface area contributed by atoms with E-state index in [-0.39, 0.29) is 12.4 Å². The van der Waals surface area contributed by atoms with Crippen LogP contribution in [0.5, 0.6) is 5.75 Å². The van der Waals surface area contributed by atoms with Crippen molar-refractivity contribution >= 4 is 0 Å². The number of rotatable bonds is 3. The zero-order valence-electron chi connectivity index (χ0n) is 7.13. The molecule has 0 saturated carbocycles. The van der Waals surface area contributed by atoms with E-state index >= 15 is 0 Å². The highest BCUT2D eigenvalue weighted by Gasteiger charge is 2.08. The molecule has 2 nitrogen and oxygen atoms in total. The Morgan fingerprint density at radius 3 is 2.69 bits per heavy atom. The van der Waals surface area contributed by atoms with Gasteiger partial charge in [0.15, 0.2) is 0 Å². The quantitative estimate of drug-likeness (QED) is 0.786. The second kappa shape index (κ2) is 4.18. The Hall–Kier alpha value is -1.16. The first-order chi connectivity index (χ1) is 6.13. The lowest BCUT2D eigenvalue weighted by Gasteiger charge is -2.09. The molecule has 0 fully saturated rings. The lowest BCUT2D eigenvalue weighted by atomic mass is 10.1. The van der Waals surface area contributed by atoms with Gasteiger partial charge in [0.25, 0.3) is 0 Å². The summed E-state index contributed by atoms with van der Waals surface area (Å²) in [5.74, 6) is 0.0306. The first-order valence-electron chi connectivity index (χ1n) is 3.78. The van der Waals surface area contributed by atoms with Gasteiger partial charge >= 0.3 is 6.61 Å². The van der Waals surface area contributed by atoms with E-state index in [0.29, 0.717) is 5.56 Å². The van der Waals surface area contributed by atoms with Crippen molar-refractivity contribution in [2.75, 3.05) is 0 Å². The molecule has 1 N–H and O–H groups in total. The summed E-state index contributed by atoms with van der Waals surface area (Å²) in [7, 11) is 0. The predicted molar refractivity (Wildman–Crippen MR) is 43.7 cm³/mol. The molecule has 13 heavy (non-hydrogen) atoms. The van der Waals surface area contributed by atoms with Crippen LogP contribution in [0.3, 0.4) is 0 Å². The van der Waals surface area contributed by atoms with E-state index in [0.717, 1.165) is 5.56 Å². The van der Waals surface area contributed by atoms with E-state index in [1.54, 1.807) is 12.1 Å². The predicted octanol–water partition coefficient (Wildman–Crippen LogP) is 2.09. The van der Waals surface area contributed by atoms with Crippen molar-refractivity contribution < 1.29 is 18.6 Å². The summed E-state index contributed by atoms with van der Waals surface area (Å²) < 4.78 is 27.9. The molecule has 0 aliphatic carbocycles. The molecule has 0 heterocycles. The highest BCUT2D eigenvalue weighted by Crippen LogP contribution is 2.21. The minimum absolute atomic E-state index is 0.0306. The molecular formula is C9H10F2O2. The van der Waals surface area contributed by atoms with Crippen LogP contribution >= 0.6 is 0 Å². The summed E-state index contributed by atoms with van der Waals surface area (Å²) in [6.07, 6.45) is 0. The maximum atomic E-state index is 11.8. The third-order valence-electron chi connectivity index (χ3n) is 1.60. The lowest BCUT2D eigenvalue weighted by molar-refractivity contribution is -0.0509. The van der Waals surface area contributed by atoms with Gasteiger partial charge in [-0.1, -0.05) is 17.7 Å². The zero-order chi connectivity index (χ0) is 9.84. The fourth-order valence-electron chi connectivity index (χ4n) is 1.04. The van der Waals surface area contributed by atoms with E-state index in [9.17, 15) is 8.78 Å². The molecule has 1 aromatic carbocycles. The normalized spacial score (nSPS) is 10.5. The van der Waals surface area contributed by atoms with Crippen molar-refractivity contribution in [3.8, 4) is 5.75 Å². The molecule has 0 saturated heterocycles. The first kappa shape index (κ1) is 9.92.